The highest BCUT2D eigenvalue weighted by atomic mass is 32.2. The number of primary sulfonamides is 1. The van der Waals surface area contributed by atoms with Crippen LogP contribution in [0.4, 0.5) is 11.4 Å². The number of anilines is 2. The zero-order valence-corrected chi connectivity index (χ0v) is 12.3. The van der Waals surface area contributed by atoms with Gasteiger partial charge in [-0.25, -0.2) is 13.6 Å². The number of carbonyl (C=O) groups excluding carboxylic acids is 1. The zero-order chi connectivity index (χ0) is 15.3. The van der Waals surface area contributed by atoms with E-state index in [1.54, 1.807) is 0 Å². The van der Waals surface area contributed by atoms with Crippen molar-refractivity contribution in [1.29, 1.82) is 0 Å². The third kappa shape index (κ3) is 5.06. The number of carbonyl (C=O) groups is 1. The van der Waals surface area contributed by atoms with Crippen LogP contribution in [0.15, 0.2) is 23.1 Å². The van der Waals surface area contributed by atoms with E-state index in [0.29, 0.717) is 23.8 Å². The number of sulfonamides is 1. The van der Waals surface area contributed by atoms with Gasteiger partial charge in [-0.1, -0.05) is 13.8 Å². The van der Waals surface area contributed by atoms with Crippen LogP contribution in [0.2, 0.25) is 0 Å². The summed E-state index contributed by atoms with van der Waals surface area (Å²) in [6.07, 6.45) is 0. The Morgan fingerprint density at radius 2 is 2.00 bits per heavy atom. The summed E-state index contributed by atoms with van der Waals surface area (Å²) in [5.74, 6) is 0.161. The first-order valence-electron chi connectivity index (χ1n) is 6.13. The van der Waals surface area contributed by atoms with Crippen LogP contribution < -0.4 is 21.5 Å². The zero-order valence-electron chi connectivity index (χ0n) is 11.5. The average molecular weight is 300 g/mol. The number of hydrogen-bond acceptors (Lipinski definition) is 5. The SMILES string of the molecule is CC(C)CNC(=O)CNc1cc(S(N)(=O)=O)ccc1N. The molecule has 0 aliphatic carbocycles. The van der Waals surface area contributed by atoms with Crippen LogP contribution >= 0.6 is 0 Å². The number of nitrogen functional groups attached to an aromatic ring is 1. The van der Waals surface area contributed by atoms with Crippen LogP contribution in [0.25, 0.3) is 0 Å². The van der Waals surface area contributed by atoms with Gasteiger partial charge in [0.2, 0.25) is 15.9 Å². The van der Waals surface area contributed by atoms with Crippen molar-refractivity contribution in [1.82, 2.24) is 5.32 Å². The fraction of sp³-hybridized carbons (Fsp3) is 0.417. The van der Waals surface area contributed by atoms with Crippen LogP contribution in [0.1, 0.15) is 13.8 Å². The number of benzene rings is 1. The van der Waals surface area contributed by atoms with Gasteiger partial charge < -0.3 is 16.4 Å². The molecule has 1 rings (SSSR count). The topological polar surface area (TPSA) is 127 Å². The maximum atomic E-state index is 11.6. The van der Waals surface area contributed by atoms with Gasteiger partial charge in [0.1, 0.15) is 0 Å². The summed E-state index contributed by atoms with van der Waals surface area (Å²) in [7, 11) is -3.80. The van der Waals surface area contributed by atoms with Gasteiger partial charge in [-0.15, -0.1) is 0 Å². The number of hydrogen-bond donors (Lipinski definition) is 4. The summed E-state index contributed by atoms with van der Waals surface area (Å²) in [6.45, 7) is 4.56. The molecule has 0 heterocycles. The molecule has 0 spiro atoms. The minimum absolute atomic E-state index is 0.00495. The highest BCUT2D eigenvalue weighted by Crippen LogP contribution is 2.21. The van der Waals surface area contributed by atoms with Crippen LogP contribution in [0, 0.1) is 5.92 Å². The molecule has 0 radical (unpaired) electrons. The molecule has 20 heavy (non-hydrogen) atoms. The molecule has 0 aliphatic heterocycles. The quantitative estimate of drug-likeness (QED) is 0.554. The Morgan fingerprint density at radius 3 is 2.55 bits per heavy atom. The van der Waals surface area contributed by atoms with Gasteiger partial charge in [0, 0.05) is 6.54 Å². The van der Waals surface area contributed by atoms with Gasteiger partial charge in [0.25, 0.3) is 0 Å². The molecule has 6 N–H and O–H groups in total. The first kappa shape index (κ1) is 16.3. The number of nitrogens with one attached hydrogen (secondary N) is 2. The average Bonchev–Trinajstić information content (AvgIpc) is 2.33. The summed E-state index contributed by atoms with van der Waals surface area (Å²) in [5.41, 5.74) is 6.41. The summed E-state index contributed by atoms with van der Waals surface area (Å²) >= 11 is 0. The Morgan fingerprint density at radius 1 is 1.35 bits per heavy atom. The summed E-state index contributed by atoms with van der Waals surface area (Å²) in [6, 6.07) is 4.04. The second-order valence-electron chi connectivity index (χ2n) is 4.85. The van der Waals surface area contributed by atoms with Crippen molar-refractivity contribution in [3.05, 3.63) is 18.2 Å². The first-order valence-corrected chi connectivity index (χ1v) is 7.67. The molecular weight excluding hydrogens is 280 g/mol. The highest BCUT2D eigenvalue weighted by molar-refractivity contribution is 7.89. The number of amides is 1. The van der Waals surface area contributed by atoms with Crippen molar-refractivity contribution < 1.29 is 13.2 Å². The van der Waals surface area contributed by atoms with E-state index in [-0.39, 0.29) is 17.3 Å². The minimum Gasteiger partial charge on any atom is -0.397 e. The predicted octanol–water partition coefficient (Wildman–Crippen LogP) is 0.100. The van der Waals surface area contributed by atoms with E-state index in [4.69, 9.17) is 10.9 Å². The van der Waals surface area contributed by atoms with Crippen molar-refractivity contribution in [2.24, 2.45) is 11.1 Å². The van der Waals surface area contributed by atoms with Crippen LogP contribution in [0.5, 0.6) is 0 Å². The predicted molar refractivity (Wildman–Crippen MR) is 78.6 cm³/mol. The molecule has 112 valence electrons. The lowest BCUT2D eigenvalue weighted by molar-refractivity contribution is -0.119. The molecule has 1 aromatic rings. The maximum absolute atomic E-state index is 11.6. The maximum Gasteiger partial charge on any atom is 0.239 e. The van der Waals surface area contributed by atoms with E-state index in [1.807, 2.05) is 13.8 Å². The lowest BCUT2D eigenvalue weighted by Crippen LogP contribution is -2.32. The molecule has 1 amide bonds. The van der Waals surface area contributed by atoms with E-state index in [1.165, 1.54) is 18.2 Å². The van der Waals surface area contributed by atoms with Gasteiger partial charge in [-0.05, 0) is 24.1 Å². The summed E-state index contributed by atoms with van der Waals surface area (Å²) in [4.78, 5) is 11.5. The van der Waals surface area contributed by atoms with Crippen molar-refractivity contribution >= 4 is 27.3 Å². The fourth-order valence-electron chi connectivity index (χ4n) is 1.42. The van der Waals surface area contributed by atoms with E-state index < -0.39 is 10.0 Å². The lowest BCUT2D eigenvalue weighted by atomic mass is 10.2. The Hall–Kier alpha value is -1.80. The molecule has 0 saturated carbocycles. The van der Waals surface area contributed by atoms with Crippen LogP contribution in [-0.4, -0.2) is 27.4 Å². The molecular formula is C12H20N4O3S. The van der Waals surface area contributed by atoms with Gasteiger partial charge >= 0.3 is 0 Å². The first-order chi connectivity index (χ1) is 9.20. The molecule has 0 atom stereocenters. The molecule has 0 saturated heterocycles. The Balaban J connectivity index is 2.71. The van der Waals surface area contributed by atoms with E-state index >= 15 is 0 Å². The van der Waals surface area contributed by atoms with Crippen molar-refractivity contribution in [3.8, 4) is 0 Å². The number of rotatable bonds is 6. The monoisotopic (exact) mass is 300 g/mol. The smallest absolute Gasteiger partial charge is 0.239 e. The van der Waals surface area contributed by atoms with Gasteiger partial charge in [0.05, 0.1) is 22.8 Å². The molecule has 0 aromatic heterocycles. The van der Waals surface area contributed by atoms with Crippen molar-refractivity contribution in [2.75, 3.05) is 24.1 Å². The molecule has 0 fully saturated rings. The third-order valence-corrected chi connectivity index (χ3v) is 3.41. The normalized spacial score (nSPS) is 11.4. The standard InChI is InChI=1S/C12H20N4O3S/c1-8(2)6-16-12(17)7-15-11-5-9(20(14,18)19)3-4-10(11)13/h3-5,8,15H,6-7,13H2,1-2H3,(H,16,17)(H2,14,18,19). The van der Waals surface area contributed by atoms with Gasteiger partial charge in [-0.3, -0.25) is 4.79 Å². The molecule has 1 aromatic carbocycles. The molecule has 7 nitrogen and oxygen atoms in total. The third-order valence-electron chi connectivity index (χ3n) is 2.50. The van der Waals surface area contributed by atoms with Crippen LogP contribution in [-0.2, 0) is 14.8 Å². The Bertz CT molecular complexity index is 584. The van der Waals surface area contributed by atoms with Gasteiger partial charge in [-0.2, -0.15) is 0 Å². The van der Waals surface area contributed by atoms with Crippen LogP contribution in [0.3, 0.4) is 0 Å². The summed E-state index contributed by atoms with van der Waals surface area (Å²) in [5, 5.41) is 10.6. The molecule has 0 unspecified atom stereocenters. The van der Waals surface area contributed by atoms with Gasteiger partial charge in [0.15, 0.2) is 0 Å². The Kier molecular flexibility index (Phi) is 5.34. The largest absolute Gasteiger partial charge is 0.397 e. The Labute approximate surface area is 118 Å². The number of nitrogens with two attached hydrogens (primary N) is 2. The fourth-order valence-corrected chi connectivity index (χ4v) is 1.96. The second-order valence-corrected chi connectivity index (χ2v) is 6.41. The van der Waals surface area contributed by atoms with Crippen molar-refractivity contribution in [3.63, 3.8) is 0 Å². The second kappa shape index (κ2) is 6.58. The molecule has 0 bridgehead atoms. The summed E-state index contributed by atoms with van der Waals surface area (Å²) < 4.78 is 22.5. The molecule has 0 aliphatic rings. The molecule has 8 heteroatoms. The minimum atomic E-state index is -3.80. The van der Waals surface area contributed by atoms with Crippen molar-refractivity contribution in [2.45, 2.75) is 18.7 Å². The van der Waals surface area contributed by atoms with E-state index in [9.17, 15) is 13.2 Å². The van der Waals surface area contributed by atoms with E-state index in [2.05, 4.69) is 10.6 Å². The lowest BCUT2D eigenvalue weighted by Gasteiger charge is -2.12. The van der Waals surface area contributed by atoms with E-state index in [0.717, 1.165) is 0 Å². The highest BCUT2D eigenvalue weighted by Gasteiger charge is 2.11.